The molecule has 0 spiro atoms. The van der Waals surface area contributed by atoms with E-state index in [9.17, 15) is 5.11 Å². The van der Waals surface area contributed by atoms with Crippen molar-refractivity contribution in [1.82, 2.24) is 14.4 Å². The van der Waals surface area contributed by atoms with Crippen LogP contribution < -0.4 is 0 Å². The van der Waals surface area contributed by atoms with Crippen LogP contribution in [-0.2, 0) is 26.5 Å². The smallest absolute Gasteiger partial charge is 0.213 e. The number of hydrogen-bond donors (Lipinski definition) is 1. The topological polar surface area (TPSA) is 63.6 Å². The van der Waals surface area contributed by atoms with E-state index in [2.05, 4.69) is 72.6 Å². The summed E-state index contributed by atoms with van der Waals surface area (Å²) in [5.74, 6) is 0.117. The molecule has 5 heterocycles. The predicted octanol–water partition coefficient (Wildman–Crippen LogP) is 9.58. The fourth-order valence-electron chi connectivity index (χ4n) is 5.95. The van der Waals surface area contributed by atoms with Crippen LogP contribution in [0.5, 0.6) is 5.75 Å². The molecule has 0 atom stereocenters. The summed E-state index contributed by atoms with van der Waals surface area (Å²) in [7, 11) is 0. The summed E-state index contributed by atoms with van der Waals surface area (Å²) >= 11 is 0. The SMILES string of the molecule is CC(C)(C)c1ccc2cc3ccc4c5ccc(O)c(-c6cccc(-c7[c-]c(-c8ccccn8)ccc7)n6)c5oc4n3c2c1.[Pt]. The van der Waals surface area contributed by atoms with Crippen LogP contribution in [0.25, 0.3) is 72.3 Å². The van der Waals surface area contributed by atoms with Gasteiger partial charge >= 0.3 is 0 Å². The molecular formula is C38H28N3O2Pt-. The number of phenols is 1. The quantitative estimate of drug-likeness (QED) is 0.183. The van der Waals surface area contributed by atoms with Gasteiger partial charge in [-0.15, -0.1) is 24.3 Å². The van der Waals surface area contributed by atoms with E-state index in [0.717, 1.165) is 55.4 Å². The molecule has 0 aliphatic carbocycles. The Morgan fingerprint density at radius 3 is 2.30 bits per heavy atom. The second-order valence-electron chi connectivity index (χ2n) is 12.0. The number of pyridine rings is 3. The Hall–Kier alpha value is -4.73. The average Bonchev–Trinajstić information content (AvgIpc) is 3.59. The molecule has 218 valence electrons. The van der Waals surface area contributed by atoms with Gasteiger partial charge in [0.25, 0.3) is 0 Å². The molecule has 0 bridgehead atoms. The molecule has 0 aliphatic rings. The van der Waals surface area contributed by atoms with Gasteiger partial charge in [-0.25, -0.2) is 0 Å². The maximum Gasteiger partial charge on any atom is 0.213 e. The molecule has 44 heavy (non-hydrogen) atoms. The van der Waals surface area contributed by atoms with Gasteiger partial charge < -0.3 is 9.52 Å². The Kier molecular flexibility index (Phi) is 6.67. The monoisotopic (exact) mass is 753 g/mol. The molecule has 5 nitrogen and oxygen atoms in total. The minimum Gasteiger partial charge on any atom is -0.507 e. The van der Waals surface area contributed by atoms with Crippen molar-refractivity contribution in [3.8, 4) is 39.5 Å². The second-order valence-corrected chi connectivity index (χ2v) is 12.0. The number of phenolic OH excluding ortho intramolecular Hbond substituents is 1. The summed E-state index contributed by atoms with van der Waals surface area (Å²) in [5, 5.41) is 14.3. The normalized spacial score (nSPS) is 11.9. The molecule has 0 saturated heterocycles. The number of nitrogens with zero attached hydrogens (tertiary/aromatic N) is 3. The summed E-state index contributed by atoms with van der Waals surface area (Å²) in [6, 6.07) is 37.8. The number of benzene rings is 3. The van der Waals surface area contributed by atoms with Gasteiger partial charge in [0.2, 0.25) is 5.71 Å². The first kappa shape index (κ1) is 28.1. The first-order valence-electron chi connectivity index (χ1n) is 14.4. The van der Waals surface area contributed by atoms with Gasteiger partial charge in [-0.05, 0) is 59.5 Å². The number of aromatic nitrogens is 3. The van der Waals surface area contributed by atoms with Crippen LogP contribution in [0.4, 0.5) is 0 Å². The number of fused-ring (bicyclic) bond motifs is 7. The molecule has 0 unspecified atom stereocenters. The van der Waals surface area contributed by atoms with E-state index in [1.54, 1.807) is 12.3 Å². The number of aromatic hydroxyl groups is 1. The maximum absolute atomic E-state index is 11.2. The summed E-state index contributed by atoms with van der Waals surface area (Å²) < 4.78 is 8.88. The van der Waals surface area contributed by atoms with Crippen molar-refractivity contribution in [3.05, 3.63) is 121 Å². The Morgan fingerprint density at radius 1 is 0.750 bits per heavy atom. The van der Waals surface area contributed by atoms with Crippen molar-refractivity contribution in [1.29, 1.82) is 0 Å². The third kappa shape index (κ3) is 4.51. The summed E-state index contributed by atoms with van der Waals surface area (Å²) in [5.41, 5.74) is 9.31. The predicted molar refractivity (Wildman–Crippen MR) is 173 cm³/mol. The molecule has 3 aromatic carbocycles. The molecule has 6 heteroatoms. The molecule has 0 saturated carbocycles. The van der Waals surface area contributed by atoms with Crippen LogP contribution in [0.2, 0.25) is 0 Å². The maximum atomic E-state index is 11.2. The van der Waals surface area contributed by atoms with Gasteiger partial charge in [0.05, 0.1) is 16.8 Å². The molecular weight excluding hydrogens is 726 g/mol. The van der Waals surface area contributed by atoms with E-state index in [0.29, 0.717) is 16.8 Å². The van der Waals surface area contributed by atoms with Crippen molar-refractivity contribution >= 4 is 38.5 Å². The molecule has 8 rings (SSSR count). The zero-order valence-electron chi connectivity index (χ0n) is 24.4. The summed E-state index contributed by atoms with van der Waals surface area (Å²) in [6.07, 6.45) is 1.78. The number of hydrogen-bond acceptors (Lipinski definition) is 4. The third-order valence-corrected chi connectivity index (χ3v) is 8.19. The Balaban J connectivity index is 0.00000312. The fraction of sp³-hybridized carbons (Fsp3) is 0.105. The van der Waals surface area contributed by atoms with Crippen LogP contribution in [0.1, 0.15) is 26.3 Å². The second kappa shape index (κ2) is 10.5. The van der Waals surface area contributed by atoms with E-state index in [1.807, 2.05) is 60.7 Å². The summed E-state index contributed by atoms with van der Waals surface area (Å²) in [4.78, 5) is 9.46. The van der Waals surface area contributed by atoms with Crippen LogP contribution in [0.3, 0.4) is 0 Å². The molecule has 5 aromatic heterocycles. The molecule has 0 aliphatic heterocycles. The van der Waals surface area contributed by atoms with Crippen molar-refractivity contribution < 1.29 is 30.6 Å². The zero-order chi connectivity index (χ0) is 29.3. The fourth-order valence-corrected chi connectivity index (χ4v) is 5.95. The van der Waals surface area contributed by atoms with Gasteiger partial charge in [0.1, 0.15) is 5.75 Å². The van der Waals surface area contributed by atoms with Gasteiger partial charge in [0, 0.05) is 60.3 Å². The van der Waals surface area contributed by atoms with Gasteiger partial charge in [0.15, 0.2) is 5.58 Å². The van der Waals surface area contributed by atoms with Crippen LogP contribution in [0, 0.1) is 6.07 Å². The van der Waals surface area contributed by atoms with E-state index in [4.69, 9.17) is 9.40 Å². The minimum atomic E-state index is 0. The van der Waals surface area contributed by atoms with Crippen LogP contribution in [-0.4, -0.2) is 19.5 Å². The van der Waals surface area contributed by atoms with E-state index >= 15 is 0 Å². The molecule has 0 amide bonds. The van der Waals surface area contributed by atoms with Gasteiger partial charge in [-0.3, -0.25) is 14.4 Å². The van der Waals surface area contributed by atoms with E-state index in [-0.39, 0.29) is 32.2 Å². The van der Waals surface area contributed by atoms with Gasteiger partial charge in [-0.2, -0.15) is 0 Å². The van der Waals surface area contributed by atoms with E-state index in [1.165, 1.54) is 5.56 Å². The largest absolute Gasteiger partial charge is 0.507 e. The van der Waals surface area contributed by atoms with Crippen LogP contribution in [0.15, 0.2) is 114 Å². The van der Waals surface area contributed by atoms with Crippen molar-refractivity contribution in [2.45, 2.75) is 26.2 Å². The Bertz CT molecular complexity index is 2350. The standard InChI is InChI=1S/C38H28N3O2.Pt/c1-38(2,3)26-14-13-25-21-27-15-16-29-28-17-18-34(42)35(36(28)43-37(29)41(27)33(25)22-26)32-12-7-11-31(40-32)24-9-6-8-23(20-24)30-10-4-5-19-39-30;/h4-19,21-22,42H,1-3H3;/q-1;. The minimum absolute atomic E-state index is 0. The molecule has 0 radical (unpaired) electrons. The molecule has 0 fully saturated rings. The third-order valence-electron chi connectivity index (χ3n) is 8.19. The Labute approximate surface area is 269 Å². The summed E-state index contributed by atoms with van der Waals surface area (Å²) in [6.45, 7) is 6.68. The van der Waals surface area contributed by atoms with Crippen molar-refractivity contribution in [2.24, 2.45) is 0 Å². The van der Waals surface area contributed by atoms with E-state index < -0.39 is 0 Å². The number of rotatable bonds is 3. The first-order valence-corrected chi connectivity index (χ1v) is 14.4. The average molecular weight is 754 g/mol. The van der Waals surface area contributed by atoms with Crippen LogP contribution >= 0.6 is 0 Å². The first-order chi connectivity index (χ1) is 20.8. The molecule has 8 aromatic rings. The number of furan rings is 1. The molecule has 1 N–H and O–H groups in total. The van der Waals surface area contributed by atoms with Crippen molar-refractivity contribution in [3.63, 3.8) is 0 Å². The van der Waals surface area contributed by atoms with Gasteiger partial charge in [-0.1, -0.05) is 68.3 Å². The Morgan fingerprint density at radius 2 is 1.50 bits per heavy atom. The zero-order valence-corrected chi connectivity index (χ0v) is 26.7. The van der Waals surface area contributed by atoms with Crippen molar-refractivity contribution in [2.75, 3.05) is 0 Å².